The highest BCUT2D eigenvalue weighted by molar-refractivity contribution is 5.94. The van der Waals surface area contributed by atoms with Gasteiger partial charge in [-0.3, -0.25) is 9.59 Å². The summed E-state index contributed by atoms with van der Waals surface area (Å²) in [6.07, 6.45) is -0.626. The van der Waals surface area contributed by atoms with Crippen molar-refractivity contribution in [3.63, 3.8) is 0 Å². The average Bonchev–Trinajstić information content (AvgIpc) is 2.71. The maximum Gasteiger partial charge on any atom is 0.260 e. The smallest absolute Gasteiger partial charge is 0.260 e. The predicted octanol–water partition coefficient (Wildman–Crippen LogP) is 3.13. The number of nitrogens with one attached hydrogen (secondary N) is 2. The lowest BCUT2D eigenvalue weighted by molar-refractivity contribution is -0.127. The molecule has 0 radical (unpaired) electrons. The fraction of sp³-hybridized carbons (Fsp3) is 0.364. The molecule has 28 heavy (non-hydrogen) atoms. The molecule has 2 amide bonds. The number of benzene rings is 2. The lowest BCUT2D eigenvalue weighted by Gasteiger charge is -2.15. The van der Waals surface area contributed by atoms with Gasteiger partial charge in [0.25, 0.3) is 11.8 Å². The monoisotopic (exact) mass is 384 g/mol. The molecule has 0 saturated heterocycles. The van der Waals surface area contributed by atoms with Crippen molar-refractivity contribution in [3.8, 4) is 11.5 Å². The summed E-state index contributed by atoms with van der Waals surface area (Å²) in [6.45, 7) is 6.57. The molecule has 1 atom stereocenters. The molecule has 1 unspecified atom stereocenters. The standard InChI is InChI=1S/C22H28N2O4/c1-15(2)17-8-10-19(11-9-17)28-16(3)21(25)23-12-13-24-22(26)18-6-5-7-20(14-18)27-4/h5-11,14-16H,12-13H2,1-4H3,(H,23,25)(H,24,26). The van der Waals surface area contributed by atoms with Crippen LogP contribution >= 0.6 is 0 Å². The highest BCUT2D eigenvalue weighted by Crippen LogP contribution is 2.19. The summed E-state index contributed by atoms with van der Waals surface area (Å²) in [7, 11) is 1.55. The third kappa shape index (κ3) is 6.30. The molecule has 0 aliphatic rings. The first kappa shape index (κ1) is 21.3. The first-order chi connectivity index (χ1) is 13.4. The van der Waals surface area contributed by atoms with E-state index in [4.69, 9.17) is 9.47 Å². The van der Waals surface area contributed by atoms with Crippen molar-refractivity contribution in [2.24, 2.45) is 0 Å². The van der Waals surface area contributed by atoms with Crippen molar-refractivity contribution in [2.75, 3.05) is 20.2 Å². The minimum absolute atomic E-state index is 0.220. The van der Waals surface area contributed by atoms with Crippen LogP contribution in [0.3, 0.4) is 0 Å². The maximum absolute atomic E-state index is 12.2. The average molecular weight is 384 g/mol. The minimum Gasteiger partial charge on any atom is -0.497 e. The summed E-state index contributed by atoms with van der Waals surface area (Å²) in [5.41, 5.74) is 1.73. The van der Waals surface area contributed by atoms with Gasteiger partial charge in [-0.05, 0) is 48.7 Å². The Kier molecular flexibility index (Phi) is 7.87. The molecule has 0 spiro atoms. The number of amides is 2. The van der Waals surface area contributed by atoms with Crippen LogP contribution in [0.25, 0.3) is 0 Å². The third-order valence-corrected chi connectivity index (χ3v) is 4.27. The normalized spacial score (nSPS) is 11.6. The molecule has 2 aromatic carbocycles. The molecule has 2 aromatic rings. The Morgan fingerprint density at radius 2 is 1.61 bits per heavy atom. The van der Waals surface area contributed by atoms with Crippen LogP contribution in [0, 0.1) is 0 Å². The number of rotatable bonds is 9. The van der Waals surface area contributed by atoms with Crippen LogP contribution in [0.1, 0.15) is 42.6 Å². The van der Waals surface area contributed by atoms with Gasteiger partial charge in [-0.25, -0.2) is 0 Å². The molecule has 0 aromatic heterocycles. The van der Waals surface area contributed by atoms with Gasteiger partial charge in [0.1, 0.15) is 11.5 Å². The van der Waals surface area contributed by atoms with E-state index >= 15 is 0 Å². The van der Waals surface area contributed by atoms with Crippen LogP contribution in [0.5, 0.6) is 11.5 Å². The summed E-state index contributed by atoms with van der Waals surface area (Å²) < 4.78 is 10.8. The molecule has 0 saturated carbocycles. The van der Waals surface area contributed by atoms with Crippen molar-refractivity contribution < 1.29 is 19.1 Å². The molecule has 0 heterocycles. The topological polar surface area (TPSA) is 76.7 Å². The third-order valence-electron chi connectivity index (χ3n) is 4.27. The maximum atomic E-state index is 12.2. The van der Waals surface area contributed by atoms with Gasteiger partial charge < -0.3 is 20.1 Å². The summed E-state index contributed by atoms with van der Waals surface area (Å²) >= 11 is 0. The number of ether oxygens (including phenoxy) is 2. The number of carbonyl (C=O) groups is 2. The van der Waals surface area contributed by atoms with Gasteiger partial charge in [-0.15, -0.1) is 0 Å². The fourth-order valence-electron chi connectivity index (χ4n) is 2.56. The van der Waals surface area contributed by atoms with Crippen molar-refractivity contribution in [1.29, 1.82) is 0 Å². The summed E-state index contributed by atoms with van der Waals surface area (Å²) in [5, 5.41) is 5.52. The van der Waals surface area contributed by atoms with Gasteiger partial charge in [-0.1, -0.05) is 32.0 Å². The summed E-state index contributed by atoms with van der Waals surface area (Å²) in [5.74, 6) is 1.26. The zero-order valence-electron chi connectivity index (χ0n) is 16.8. The van der Waals surface area contributed by atoms with Gasteiger partial charge in [0.05, 0.1) is 7.11 Å². The highest BCUT2D eigenvalue weighted by Gasteiger charge is 2.14. The van der Waals surface area contributed by atoms with E-state index in [-0.39, 0.29) is 11.8 Å². The van der Waals surface area contributed by atoms with Crippen LogP contribution in [0.4, 0.5) is 0 Å². The molecule has 2 rings (SSSR count). The molecule has 2 N–H and O–H groups in total. The second kappa shape index (κ2) is 10.3. The van der Waals surface area contributed by atoms with E-state index in [0.717, 1.165) is 0 Å². The van der Waals surface area contributed by atoms with E-state index in [2.05, 4.69) is 24.5 Å². The van der Waals surface area contributed by atoms with Crippen molar-refractivity contribution >= 4 is 11.8 Å². The lowest BCUT2D eigenvalue weighted by Crippen LogP contribution is -2.40. The summed E-state index contributed by atoms with van der Waals surface area (Å²) in [4.78, 5) is 24.3. The summed E-state index contributed by atoms with van der Waals surface area (Å²) in [6, 6.07) is 14.6. The van der Waals surface area contributed by atoms with Crippen LogP contribution in [-0.2, 0) is 4.79 Å². The van der Waals surface area contributed by atoms with Gasteiger partial charge >= 0.3 is 0 Å². The number of methoxy groups -OCH3 is 1. The predicted molar refractivity (Wildman–Crippen MR) is 109 cm³/mol. The second-order valence-electron chi connectivity index (χ2n) is 6.76. The molecule has 0 fully saturated rings. The quantitative estimate of drug-likeness (QED) is 0.651. The Morgan fingerprint density at radius 3 is 2.25 bits per heavy atom. The fourth-order valence-corrected chi connectivity index (χ4v) is 2.56. The molecule has 6 heteroatoms. The largest absolute Gasteiger partial charge is 0.497 e. The van der Waals surface area contributed by atoms with Gasteiger partial charge in [-0.2, -0.15) is 0 Å². The van der Waals surface area contributed by atoms with Crippen LogP contribution < -0.4 is 20.1 Å². The lowest BCUT2D eigenvalue weighted by atomic mass is 10.0. The molecule has 150 valence electrons. The van der Waals surface area contributed by atoms with E-state index in [1.807, 2.05) is 24.3 Å². The van der Waals surface area contributed by atoms with E-state index in [0.29, 0.717) is 36.1 Å². The molecular formula is C22H28N2O4. The first-order valence-electron chi connectivity index (χ1n) is 9.37. The van der Waals surface area contributed by atoms with Crippen LogP contribution in [0.2, 0.25) is 0 Å². The van der Waals surface area contributed by atoms with Crippen molar-refractivity contribution in [2.45, 2.75) is 32.8 Å². The molecule has 0 aliphatic carbocycles. The van der Waals surface area contributed by atoms with E-state index in [9.17, 15) is 9.59 Å². The first-order valence-corrected chi connectivity index (χ1v) is 9.37. The Labute approximate surface area is 166 Å². The van der Waals surface area contributed by atoms with E-state index in [1.54, 1.807) is 38.3 Å². The zero-order valence-corrected chi connectivity index (χ0v) is 16.8. The molecule has 0 bridgehead atoms. The van der Waals surface area contributed by atoms with E-state index < -0.39 is 6.10 Å². The van der Waals surface area contributed by atoms with Gasteiger partial charge in [0.15, 0.2) is 6.10 Å². The van der Waals surface area contributed by atoms with Gasteiger partial charge in [0, 0.05) is 18.7 Å². The molecular weight excluding hydrogens is 356 g/mol. The second-order valence-corrected chi connectivity index (χ2v) is 6.76. The van der Waals surface area contributed by atoms with Crippen LogP contribution in [-0.4, -0.2) is 38.1 Å². The van der Waals surface area contributed by atoms with Crippen molar-refractivity contribution in [1.82, 2.24) is 10.6 Å². The Hall–Kier alpha value is -3.02. The minimum atomic E-state index is -0.626. The molecule has 6 nitrogen and oxygen atoms in total. The number of carbonyl (C=O) groups excluding carboxylic acids is 2. The zero-order chi connectivity index (χ0) is 20.5. The van der Waals surface area contributed by atoms with E-state index in [1.165, 1.54) is 5.56 Å². The Morgan fingerprint density at radius 1 is 0.929 bits per heavy atom. The Bertz CT molecular complexity index is 787. The Balaban J connectivity index is 1.73. The van der Waals surface area contributed by atoms with Crippen LogP contribution in [0.15, 0.2) is 48.5 Å². The highest BCUT2D eigenvalue weighted by atomic mass is 16.5. The SMILES string of the molecule is COc1cccc(C(=O)NCCNC(=O)C(C)Oc2ccc(C(C)C)cc2)c1. The number of hydrogen-bond donors (Lipinski definition) is 2. The number of hydrogen-bond acceptors (Lipinski definition) is 4. The molecule has 0 aliphatic heterocycles. The van der Waals surface area contributed by atoms with Crippen molar-refractivity contribution in [3.05, 3.63) is 59.7 Å². The van der Waals surface area contributed by atoms with Gasteiger partial charge in [0.2, 0.25) is 0 Å².